The summed E-state index contributed by atoms with van der Waals surface area (Å²) in [5, 5.41) is 0. The number of benzene rings is 1. The van der Waals surface area contributed by atoms with Crippen LogP contribution in [0.5, 0.6) is 0 Å². The van der Waals surface area contributed by atoms with Crippen LogP contribution in [0.25, 0.3) is 0 Å². The second kappa shape index (κ2) is 6.38. The standard InChI is InChI=1S/C18H24O2/c1-5-6-8-13-16-14(2)17(20-18(3,4)19-16)15-11-9-7-10-12-15/h5-14,16-17H,1-4H3/b6-5+,13-8+/t14-,16-,17-/m0/s1. The van der Waals surface area contributed by atoms with E-state index in [9.17, 15) is 0 Å². The molecule has 2 heteroatoms. The molecular formula is C18H24O2. The lowest BCUT2D eigenvalue weighted by Crippen LogP contribution is -2.45. The normalized spacial score (nSPS) is 30.1. The molecule has 1 fully saturated rings. The molecule has 3 atom stereocenters. The first kappa shape index (κ1) is 15.0. The van der Waals surface area contributed by atoms with Gasteiger partial charge in [-0.05, 0) is 26.3 Å². The van der Waals surface area contributed by atoms with E-state index in [1.54, 1.807) is 0 Å². The van der Waals surface area contributed by atoms with Gasteiger partial charge in [-0.1, -0.05) is 61.6 Å². The van der Waals surface area contributed by atoms with E-state index in [1.807, 2.05) is 45.1 Å². The van der Waals surface area contributed by atoms with Crippen LogP contribution >= 0.6 is 0 Å². The van der Waals surface area contributed by atoms with Crippen molar-refractivity contribution in [1.82, 2.24) is 0 Å². The molecule has 0 N–H and O–H groups in total. The van der Waals surface area contributed by atoms with Crippen molar-refractivity contribution in [2.24, 2.45) is 5.92 Å². The fourth-order valence-electron chi connectivity index (χ4n) is 2.56. The lowest BCUT2D eigenvalue weighted by atomic mass is 9.90. The van der Waals surface area contributed by atoms with E-state index >= 15 is 0 Å². The quantitative estimate of drug-likeness (QED) is 0.746. The van der Waals surface area contributed by atoms with Crippen molar-refractivity contribution in [2.45, 2.75) is 45.7 Å². The van der Waals surface area contributed by atoms with Gasteiger partial charge < -0.3 is 9.47 Å². The Labute approximate surface area is 122 Å². The van der Waals surface area contributed by atoms with Gasteiger partial charge in [0.05, 0.1) is 12.2 Å². The molecule has 1 saturated heterocycles. The highest BCUT2D eigenvalue weighted by Gasteiger charge is 2.40. The average molecular weight is 272 g/mol. The third kappa shape index (κ3) is 3.59. The van der Waals surface area contributed by atoms with Gasteiger partial charge in [0.15, 0.2) is 5.79 Å². The van der Waals surface area contributed by atoms with Gasteiger partial charge >= 0.3 is 0 Å². The SMILES string of the molecule is C/C=C/C=C/[C@@H]1OC(C)(C)O[C@H](c2ccccc2)[C@H]1C. The van der Waals surface area contributed by atoms with Crippen molar-refractivity contribution < 1.29 is 9.47 Å². The molecule has 108 valence electrons. The molecular weight excluding hydrogens is 248 g/mol. The maximum Gasteiger partial charge on any atom is 0.164 e. The van der Waals surface area contributed by atoms with Crippen LogP contribution in [0, 0.1) is 5.92 Å². The van der Waals surface area contributed by atoms with Crippen LogP contribution in [0.4, 0.5) is 0 Å². The molecule has 0 bridgehead atoms. The van der Waals surface area contributed by atoms with Gasteiger partial charge in [0.1, 0.15) is 0 Å². The zero-order chi connectivity index (χ0) is 14.6. The van der Waals surface area contributed by atoms with E-state index in [1.165, 1.54) is 5.56 Å². The van der Waals surface area contributed by atoms with Crippen LogP contribution < -0.4 is 0 Å². The first-order valence-electron chi connectivity index (χ1n) is 7.23. The molecule has 0 unspecified atom stereocenters. The molecule has 0 radical (unpaired) electrons. The summed E-state index contributed by atoms with van der Waals surface area (Å²) in [5.41, 5.74) is 1.21. The summed E-state index contributed by atoms with van der Waals surface area (Å²) in [4.78, 5) is 0. The highest BCUT2D eigenvalue weighted by molar-refractivity contribution is 5.20. The van der Waals surface area contributed by atoms with Gasteiger partial charge in [-0.2, -0.15) is 0 Å². The maximum absolute atomic E-state index is 6.13. The Morgan fingerprint density at radius 3 is 2.40 bits per heavy atom. The first-order chi connectivity index (χ1) is 9.53. The second-order valence-electron chi connectivity index (χ2n) is 5.70. The molecule has 1 aliphatic heterocycles. The molecule has 1 heterocycles. The topological polar surface area (TPSA) is 18.5 Å². The van der Waals surface area contributed by atoms with E-state index in [4.69, 9.17) is 9.47 Å². The Balaban J connectivity index is 2.24. The fraction of sp³-hybridized carbons (Fsp3) is 0.444. The summed E-state index contributed by atoms with van der Waals surface area (Å²) >= 11 is 0. The monoisotopic (exact) mass is 272 g/mol. The third-order valence-electron chi connectivity index (χ3n) is 3.56. The van der Waals surface area contributed by atoms with E-state index in [-0.39, 0.29) is 18.1 Å². The maximum atomic E-state index is 6.13. The van der Waals surface area contributed by atoms with Crippen molar-refractivity contribution >= 4 is 0 Å². The summed E-state index contributed by atoms with van der Waals surface area (Å²) in [6.07, 6.45) is 8.31. The highest BCUT2D eigenvalue weighted by atomic mass is 16.7. The zero-order valence-corrected chi connectivity index (χ0v) is 12.7. The molecule has 0 spiro atoms. The Hall–Kier alpha value is -1.38. The van der Waals surface area contributed by atoms with Crippen molar-refractivity contribution in [1.29, 1.82) is 0 Å². The number of hydrogen-bond acceptors (Lipinski definition) is 2. The van der Waals surface area contributed by atoms with Crippen molar-refractivity contribution in [2.75, 3.05) is 0 Å². The van der Waals surface area contributed by atoms with E-state index < -0.39 is 5.79 Å². The Bertz CT molecular complexity index is 473. The van der Waals surface area contributed by atoms with Gasteiger partial charge in [-0.3, -0.25) is 0 Å². The summed E-state index contributed by atoms with van der Waals surface area (Å²) in [5.74, 6) is -0.301. The highest BCUT2D eigenvalue weighted by Crippen LogP contribution is 2.40. The molecule has 0 aliphatic carbocycles. The summed E-state index contributed by atoms with van der Waals surface area (Å²) < 4.78 is 12.2. The molecule has 2 nitrogen and oxygen atoms in total. The molecule has 1 aromatic rings. The van der Waals surface area contributed by atoms with Crippen LogP contribution in [0.1, 0.15) is 39.4 Å². The molecule has 0 aromatic heterocycles. The summed E-state index contributed by atoms with van der Waals surface area (Å²) in [6, 6.07) is 10.4. The van der Waals surface area contributed by atoms with Crippen LogP contribution in [-0.2, 0) is 9.47 Å². The van der Waals surface area contributed by atoms with Gasteiger partial charge in [-0.25, -0.2) is 0 Å². The minimum atomic E-state index is -0.571. The summed E-state index contributed by atoms with van der Waals surface area (Å²) in [7, 11) is 0. The number of hydrogen-bond donors (Lipinski definition) is 0. The smallest absolute Gasteiger partial charge is 0.164 e. The molecule has 0 amide bonds. The van der Waals surface area contributed by atoms with Gasteiger partial charge in [-0.15, -0.1) is 0 Å². The van der Waals surface area contributed by atoms with E-state index in [2.05, 4.69) is 37.3 Å². The Morgan fingerprint density at radius 2 is 1.75 bits per heavy atom. The number of ether oxygens (including phenoxy) is 2. The number of allylic oxidation sites excluding steroid dienone is 3. The zero-order valence-electron chi connectivity index (χ0n) is 12.7. The van der Waals surface area contributed by atoms with Gasteiger partial charge in [0.25, 0.3) is 0 Å². The summed E-state index contributed by atoms with van der Waals surface area (Å²) in [6.45, 7) is 8.14. The Kier molecular flexibility index (Phi) is 4.79. The lowest BCUT2D eigenvalue weighted by molar-refractivity contribution is -0.312. The predicted octanol–water partition coefficient (Wildman–Crippen LogP) is 4.65. The van der Waals surface area contributed by atoms with Crippen molar-refractivity contribution in [3.63, 3.8) is 0 Å². The molecule has 1 aliphatic rings. The molecule has 2 rings (SSSR count). The van der Waals surface area contributed by atoms with E-state index in [0.29, 0.717) is 0 Å². The van der Waals surface area contributed by atoms with Crippen molar-refractivity contribution in [3.05, 3.63) is 60.2 Å². The van der Waals surface area contributed by atoms with Gasteiger partial charge in [0.2, 0.25) is 0 Å². The van der Waals surface area contributed by atoms with E-state index in [0.717, 1.165) is 0 Å². The average Bonchev–Trinajstić information content (AvgIpc) is 2.43. The van der Waals surface area contributed by atoms with Crippen LogP contribution in [0.15, 0.2) is 54.6 Å². The lowest BCUT2D eigenvalue weighted by Gasteiger charge is -2.44. The fourth-order valence-corrected chi connectivity index (χ4v) is 2.56. The van der Waals surface area contributed by atoms with Crippen LogP contribution in [0.2, 0.25) is 0 Å². The predicted molar refractivity (Wildman–Crippen MR) is 82.3 cm³/mol. The van der Waals surface area contributed by atoms with Crippen molar-refractivity contribution in [3.8, 4) is 0 Å². The van der Waals surface area contributed by atoms with Crippen LogP contribution in [0.3, 0.4) is 0 Å². The molecule has 1 aromatic carbocycles. The minimum absolute atomic E-state index is 0.0557. The van der Waals surface area contributed by atoms with Crippen LogP contribution in [-0.4, -0.2) is 11.9 Å². The Morgan fingerprint density at radius 1 is 1.05 bits per heavy atom. The largest absolute Gasteiger partial charge is 0.343 e. The molecule has 0 saturated carbocycles. The first-order valence-corrected chi connectivity index (χ1v) is 7.23. The molecule has 20 heavy (non-hydrogen) atoms. The van der Waals surface area contributed by atoms with Gasteiger partial charge in [0, 0.05) is 5.92 Å². The third-order valence-corrected chi connectivity index (χ3v) is 3.56. The number of rotatable bonds is 3. The second-order valence-corrected chi connectivity index (χ2v) is 5.70. The minimum Gasteiger partial charge on any atom is -0.343 e.